The third kappa shape index (κ3) is 9.08. The lowest BCUT2D eigenvalue weighted by Gasteiger charge is -2.24. The van der Waals surface area contributed by atoms with Gasteiger partial charge in [-0.25, -0.2) is 13.8 Å². The molecule has 0 bridgehead atoms. The summed E-state index contributed by atoms with van der Waals surface area (Å²) in [6.45, 7) is 0.771. The minimum Gasteiger partial charge on any atom is -0.484 e. The highest BCUT2D eigenvalue weighted by atomic mass is 35.5. The van der Waals surface area contributed by atoms with E-state index in [1.54, 1.807) is 30.3 Å². The number of hydrazone groups is 1. The minimum atomic E-state index is -4.87. The van der Waals surface area contributed by atoms with Crippen LogP contribution in [-0.4, -0.2) is 39.6 Å². The molecule has 1 atom stereocenters. The molecule has 0 radical (unpaired) electrons. The number of nitrogens with one attached hydrogen (secondary N) is 2. The van der Waals surface area contributed by atoms with Gasteiger partial charge in [0.25, 0.3) is 21.8 Å². The summed E-state index contributed by atoms with van der Waals surface area (Å²) >= 11 is 5.72. The van der Waals surface area contributed by atoms with Crippen LogP contribution in [0, 0.1) is 0 Å². The number of sulfonamides is 1. The van der Waals surface area contributed by atoms with Crippen molar-refractivity contribution in [2.24, 2.45) is 5.10 Å². The molecule has 0 saturated heterocycles. The van der Waals surface area contributed by atoms with E-state index in [-0.39, 0.29) is 23.5 Å². The number of rotatable bonds is 12. The Hall–Kier alpha value is -4.88. The Bertz CT molecular complexity index is 1790. The highest BCUT2D eigenvalue weighted by molar-refractivity contribution is 7.92. The molecule has 0 aliphatic heterocycles. The summed E-state index contributed by atoms with van der Waals surface area (Å²) in [6.07, 6.45) is -3.59. The average Bonchev–Trinajstić information content (AvgIpc) is 3.04. The zero-order valence-electron chi connectivity index (χ0n) is 24.2. The van der Waals surface area contributed by atoms with E-state index in [0.29, 0.717) is 21.7 Å². The molecule has 0 fully saturated rings. The van der Waals surface area contributed by atoms with Gasteiger partial charge in [0.05, 0.1) is 33.4 Å². The van der Waals surface area contributed by atoms with Crippen LogP contribution in [-0.2, 0) is 25.8 Å². The number of alkyl halides is 3. The van der Waals surface area contributed by atoms with Gasteiger partial charge in [-0.05, 0) is 72.6 Å². The molecule has 0 aliphatic rings. The zero-order chi connectivity index (χ0) is 33.3. The van der Waals surface area contributed by atoms with E-state index in [1.165, 1.54) is 30.5 Å². The van der Waals surface area contributed by atoms with E-state index in [1.807, 2.05) is 37.3 Å². The molecule has 14 heteroatoms. The van der Waals surface area contributed by atoms with Crippen LogP contribution in [0.3, 0.4) is 0 Å². The Labute approximate surface area is 268 Å². The number of nitrogens with zero attached hydrogens (tertiary/aromatic N) is 2. The van der Waals surface area contributed by atoms with E-state index in [9.17, 15) is 31.2 Å². The highest BCUT2D eigenvalue weighted by Crippen LogP contribution is 2.38. The molecular weight excluding hydrogens is 645 g/mol. The fourth-order valence-corrected chi connectivity index (χ4v) is 5.83. The quantitative estimate of drug-likeness (QED) is 0.142. The number of hydrogen-bond acceptors (Lipinski definition) is 6. The smallest absolute Gasteiger partial charge is 0.417 e. The fourth-order valence-electron chi connectivity index (χ4n) is 4.17. The lowest BCUT2D eigenvalue weighted by Crippen LogP contribution is -2.39. The lowest BCUT2D eigenvalue weighted by atomic mass is 10.1. The minimum absolute atomic E-state index is 0.194. The van der Waals surface area contributed by atoms with Crippen LogP contribution in [0.1, 0.15) is 29.7 Å². The maximum Gasteiger partial charge on any atom is 0.417 e. The van der Waals surface area contributed by atoms with Crippen molar-refractivity contribution in [3.8, 4) is 5.75 Å². The predicted molar refractivity (Wildman–Crippen MR) is 168 cm³/mol. The van der Waals surface area contributed by atoms with Gasteiger partial charge in [0, 0.05) is 0 Å². The Morgan fingerprint density at radius 3 is 2.20 bits per heavy atom. The maximum atomic E-state index is 13.5. The average molecular weight is 673 g/mol. The topological polar surface area (TPSA) is 117 Å². The molecule has 0 unspecified atom stereocenters. The van der Waals surface area contributed by atoms with Crippen molar-refractivity contribution < 1.29 is 35.9 Å². The Morgan fingerprint density at radius 1 is 0.935 bits per heavy atom. The summed E-state index contributed by atoms with van der Waals surface area (Å²) in [5.41, 5.74) is 2.00. The summed E-state index contributed by atoms with van der Waals surface area (Å²) < 4.78 is 73.5. The number of carbonyl (C=O) groups excluding carboxylic acids is 2. The molecule has 0 aromatic heterocycles. The molecule has 2 N–H and O–H groups in total. The van der Waals surface area contributed by atoms with Gasteiger partial charge in [-0.15, -0.1) is 0 Å². The van der Waals surface area contributed by atoms with Crippen molar-refractivity contribution in [3.63, 3.8) is 0 Å². The maximum absolute atomic E-state index is 13.5. The second-order valence-corrected chi connectivity index (χ2v) is 12.1. The van der Waals surface area contributed by atoms with Crippen molar-refractivity contribution in [3.05, 3.63) is 125 Å². The van der Waals surface area contributed by atoms with Gasteiger partial charge in [-0.2, -0.15) is 18.3 Å². The molecule has 240 valence electrons. The van der Waals surface area contributed by atoms with E-state index >= 15 is 0 Å². The number of carbonyl (C=O) groups is 2. The second kappa shape index (κ2) is 14.9. The Balaban J connectivity index is 1.39. The second-order valence-electron chi connectivity index (χ2n) is 9.84. The van der Waals surface area contributed by atoms with Gasteiger partial charge in [-0.1, -0.05) is 60.1 Å². The summed E-state index contributed by atoms with van der Waals surface area (Å²) in [4.78, 5) is 24.8. The van der Waals surface area contributed by atoms with Crippen LogP contribution < -0.4 is 19.8 Å². The van der Waals surface area contributed by atoms with E-state index in [0.717, 1.165) is 17.7 Å². The van der Waals surface area contributed by atoms with Gasteiger partial charge < -0.3 is 10.1 Å². The molecule has 0 spiro atoms. The predicted octanol–water partition coefficient (Wildman–Crippen LogP) is 5.96. The standard InChI is InChI=1S/C32H28ClF3N4O5S/c1-22(24-8-4-2-5-9-24)38-31(42)21-45-26-15-12-23(13-16-26)19-37-39-30(41)20-40(46(43,44)27-10-6-3-7-11-27)25-14-17-29(33)28(18-25)32(34,35)36/h2-19,22H,20-21H2,1H3,(H,38,42)(H,39,41)/b37-19-/t22-/m1/s1. The van der Waals surface area contributed by atoms with Crippen LogP contribution in [0.15, 0.2) is 113 Å². The van der Waals surface area contributed by atoms with Crippen molar-refractivity contribution in [2.75, 3.05) is 17.5 Å². The molecule has 0 saturated carbocycles. The summed E-state index contributed by atoms with van der Waals surface area (Å²) in [5, 5.41) is 6.05. The normalized spacial score (nSPS) is 12.4. The van der Waals surface area contributed by atoms with Crippen LogP contribution in [0.25, 0.3) is 0 Å². The SMILES string of the molecule is C[C@@H](NC(=O)COc1ccc(/C=N\NC(=O)CN(c2ccc(Cl)c(C(F)(F)F)c2)S(=O)(=O)c2ccccc2)cc1)c1ccccc1. The number of benzene rings is 4. The molecule has 0 heterocycles. The highest BCUT2D eigenvalue weighted by Gasteiger charge is 2.35. The first kappa shape index (κ1) is 34.0. The van der Waals surface area contributed by atoms with Crippen LogP contribution in [0.5, 0.6) is 5.75 Å². The van der Waals surface area contributed by atoms with Gasteiger partial charge >= 0.3 is 6.18 Å². The Morgan fingerprint density at radius 2 is 1.57 bits per heavy atom. The molecule has 4 aromatic carbocycles. The number of amides is 2. The van der Waals surface area contributed by atoms with Crippen molar-refractivity contribution >= 4 is 45.3 Å². The third-order valence-electron chi connectivity index (χ3n) is 6.49. The molecule has 9 nitrogen and oxygen atoms in total. The molecule has 4 aromatic rings. The van der Waals surface area contributed by atoms with Crippen LogP contribution in [0.2, 0.25) is 5.02 Å². The van der Waals surface area contributed by atoms with E-state index in [4.69, 9.17) is 16.3 Å². The van der Waals surface area contributed by atoms with Crippen LogP contribution >= 0.6 is 11.6 Å². The number of ether oxygens (including phenoxy) is 1. The van der Waals surface area contributed by atoms with Crippen molar-refractivity contribution in [1.82, 2.24) is 10.7 Å². The Kier molecular flexibility index (Phi) is 11.0. The molecule has 0 aliphatic carbocycles. The lowest BCUT2D eigenvalue weighted by molar-refractivity contribution is -0.137. The van der Waals surface area contributed by atoms with Gasteiger partial charge in [0.1, 0.15) is 12.3 Å². The van der Waals surface area contributed by atoms with E-state index in [2.05, 4.69) is 15.8 Å². The van der Waals surface area contributed by atoms with Gasteiger partial charge in [-0.3, -0.25) is 13.9 Å². The summed E-state index contributed by atoms with van der Waals surface area (Å²) in [7, 11) is -4.47. The van der Waals surface area contributed by atoms with E-state index < -0.39 is 44.9 Å². The van der Waals surface area contributed by atoms with Gasteiger partial charge in [0.15, 0.2) is 6.61 Å². The summed E-state index contributed by atoms with van der Waals surface area (Å²) in [6, 6.07) is 25.2. The molecule has 46 heavy (non-hydrogen) atoms. The first-order chi connectivity index (χ1) is 21.8. The summed E-state index contributed by atoms with van der Waals surface area (Å²) in [5.74, 6) is -0.817. The third-order valence-corrected chi connectivity index (χ3v) is 8.61. The first-order valence-electron chi connectivity index (χ1n) is 13.7. The largest absolute Gasteiger partial charge is 0.484 e. The monoisotopic (exact) mass is 672 g/mol. The first-order valence-corrected chi connectivity index (χ1v) is 15.5. The van der Waals surface area contributed by atoms with Crippen molar-refractivity contribution in [2.45, 2.75) is 24.0 Å². The zero-order valence-corrected chi connectivity index (χ0v) is 25.8. The molecule has 2 amide bonds. The van der Waals surface area contributed by atoms with Crippen molar-refractivity contribution in [1.29, 1.82) is 0 Å². The number of anilines is 1. The number of hydrogen-bond donors (Lipinski definition) is 2. The van der Waals surface area contributed by atoms with Crippen LogP contribution in [0.4, 0.5) is 18.9 Å². The fraction of sp³-hybridized carbons (Fsp3) is 0.156. The number of halogens is 4. The molecular formula is C32H28ClF3N4O5S. The van der Waals surface area contributed by atoms with Gasteiger partial charge in [0.2, 0.25) is 0 Å². The molecule has 4 rings (SSSR count).